The van der Waals surface area contributed by atoms with E-state index in [0.717, 1.165) is 15.6 Å². The molecule has 9 nitrogen and oxygen atoms in total. The number of sulfonamides is 1. The molecule has 0 unspecified atom stereocenters. The van der Waals surface area contributed by atoms with Crippen molar-refractivity contribution >= 4 is 49.8 Å². The predicted octanol–water partition coefficient (Wildman–Crippen LogP) is 2.45. The molecule has 0 aliphatic heterocycles. The number of rotatable bonds is 8. The average Bonchev–Trinajstić information content (AvgIpc) is 3.01. The van der Waals surface area contributed by atoms with E-state index in [2.05, 4.69) is 10.6 Å². The zero-order valence-corrected chi connectivity index (χ0v) is 18.6. The molecule has 0 saturated heterocycles. The Hall–Kier alpha value is -2.76. The largest absolute Gasteiger partial charge is 0.462 e. The summed E-state index contributed by atoms with van der Waals surface area (Å²) in [4.78, 5) is 35.6. The summed E-state index contributed by atoms with van der Waals surface area (Å²) >= 11 is 1.06. The number of nitrogens with one attached hydrogen (secondary N) is 2. The monoisotopic (exact) mass is 453 g/mol. The summed E-state index contributed by atoms with van der Waals surface area (Å²) in [5.74, 6) is -1.29. The van der Waals surface area contributed by atoms with E-state index in [0.29, 0.717) is 21.1 Å². The molecule has 0 saturated carbocycles. The number of aryl methyl sites for hydroxylation is 1. The van der Waals surface area contributed by atoms with Gasteiger partial charge in [0, 0.05) is 19.7 Å². The van der Waals surface area contributed by atoms with Crippen LogP contribution in [0.15, 0.2) is 35.2 Å². The van der Waals surface area contributed by atoms with Gasteiger partial charge in [0.2, 0.25) is 21.8 Å². The van der Waals surface area contributed by atoms with Crippen LogP contribution in [0.1, 0.15) is 29.1 Å². The van der Waals surface area contributed by atoms with E-state index in [4.69, 9.17) is 4.74 Å². The van der Waals surface area contributed by atoms with Crippen LogP contribution in [0, 0.1) is 6.92 Å². The third-order valence-corrected chi connectivity index (χ3v) is 6.84. The van der Waals surface area contributed by atoms with Gasteiger partial charge in [-0.2, -0.15) is 4.31 Å². The van der Waals surface area contributed by atoms with Crippen LogP contribution < -0.4 is 10.6 Å². The first kappa shape index (κ1) is 23.5. The smallest absolute Gasteiger partial charge is 0.348 e. The Morgan fingerprint density at radius 3 is 2.33 bits per heavy atom. The van der Waals surface area contributed by atoms with Crippen LogP contribution in [0.2, 0.25) is 0 Å². The van der Waals surface area contributed by atoms with Crippen molar-refractivity contribution in [3.63, 3.8) is 0 Å². The highest BCUT2D eigenvalue weighted by atomic mass is 32.2. The van der Waals surface area contributed by atoms with Crippen molar-refractivity contribution in [1.29, 1.82) is 0 Å². The van der Waals surface area contributed by atoms with Crippen molar-refractivity contribution in [3.05, 3.63) is 40.8 Å². The zero-order chi connectivity index (χ0) is 22.5. The van der Waals surface area contributed by atoms with E-state index >= 15 is 0 Å². The highest BCUT2D eigenvalue weighted by Crippen LogP contribution is 2.27. The number of benzene rings is 1. The summed E-state index contributed by atoms with van der Waals surface area (Å²) in [6, 6.07) is 7.26. The highest BCUT2D eigenvalue weighted by Gasteiger charge is 2.24. The minimum absolute atomic E-state index is 0.0107. The summed E-state index contributed by atoms with van der Waals surface area (Å²) in [5, 5.41) is 5.58. The highest BCUT2D eigenvalue weighted by molar-refractivity contribution is 7.89. The number of hydrogen-bond acceptors (Lipinski definition) is 7. The molecule has 2 aromatic rings. The normalized spacial score (nSPS) is 11.2. The maximum absolute atomic E-state index is 12.7. The fourth-order valence-electron chi connectivity index (χ4n) is 2.50. The van der Waals surface area contributed by atoms with Gasteiger partial charge in [-0.15, -0.1) is 11.3 Å². The second kappa shape index (κ2) is 9.83. The molecule has 1 aromatic carbocycles. The third kappa shape index (κ3) is 5.88. The molecule has 2 N–H and O–H groups in total. The lowest BCUT2D eigenvalue weighted by Crippen LogP contribution is -2.34. The molecule has 0 atom stereocenters. The Bertz CT molecular complexity index is 1040. The van der Waals surface area contributed by atoms with Gasteiger partial charge in [-0.05, 0) is 49.7 Å². The molecule has 11 heteroatoms. The lowest BCUT2D eigenvalue weighted by molar-refractivity contribution is -0.116. The first-order valence-electron chi connectivity index (χ1n) is 8.96. The number of anilines is 2. The fraction of sp³-hybridized carbons (Fsp3) is 0.316. The minimum atomic E-state index is -3.91. The van der Waals surface area contributed by atoms with Gasteiger partial charge in [-0.25, -0.2) is 13.2 Å². The first-order valence-corrected chi connectivity index (χ1v) is 11.2. The van der Waals surface area contributed by atoms with E-state index in [1.165, 1.54) is 38.2 Å². The van der Waals surface area contributed by atoms with Crippen LogP contribution in [-0.2, 0) is 24.3 Å². The minimum Gasteiger partial charge on any atom is -0.462 e. The van der Waals surface area contributed by atoms with Crippen molar-refractivity contribution in [1.82, 2.24) is 4.31 Å². The van der Waals surface area contributed by atoms with Crippen LogP contribution >= 0.6 is 11.3 Å². The van der Waals surface area contributed by atoms with Crippen molar-refractivity contribution in [2.45, 2.75) is 25.7 Å². The fourth-order valence-corrected chi connectivity index (χ4v) is 4.61. The number of nitrogens with zero attached hydrogens (tertiary/aromatic N) is 1. The lowest BCUT2D eigenvalue weighted by atomic mass is 10.3. The van der Waals surface area contributed by atoms with Gasteiger partial charge >= 0.3 is 5.97 Å². The number of thiophene rings is 1. The van der Waals surface area contributed by atoms with E-state index in [1.807, 2.05) is 0 Å². The quantitative estimate of drug-likeness (QED) is 0.592. The average molecular weight is 454 g/mol. The third-order valence-electron chi connectivity index (χ3n) is 3.89. The molecule has 162 valence electrons. The summed E-state index contributed by atoms with van der Waals surface area (Å²) in [6.07, 6.45) is 0. The van der Waals surface area contributed by atoms with E-state index < -0.39 is 28.4 Å². The maximum Gasteiger partial charge on any atom is 0.348 e. The van der Waals surface area contributed by atoms with Crippen molar-refractivity contribution in [3.8, 4) is 0 Å². The zero-order valence-electron chi connectivity index (χ0n) is 17.0. The van der Waals surface area contributed by atoms with Crippen molar-refractivity contribution in [2.24, 2.45) is 0 Å². The van der Waals surface area contributed by atoms with Crippen LogP contribution in [0.25, 0.3) is 0 Å². The standard InChI is InChI=1S/C19H23N3O6S2/c1-5-28-19(25)18-12(2)10-17(29-18)21-16(24)11-22(4)30(26,27)15-8-6-14(7-9-15)20-13(3)23/h6-10H,5,11H2,1-4H3,(H,20,23)(H,21,24). The number of hydrogen-bond donors (Lipinski definition) is 2. The van der Waals surface area contributed by atoms with Crippen LogP contribution in [0.4, 0.5) is 10.7 Å². The first-order chi connectivity index (χ1) is 14.0. The number of esters is 1. The summed E-state index contributed by atoms with van der Waals surface area (Å²) < 4.78 is 31.2. The summed E-state index contributed by atoms with van der Waals surface area (Å²) in [5.41, 5.74) is 1.13. The number of likely N-dealkylation sites (N-methyl/N-ethyl adjacent to an activating group) is 1. The molecule has 0 radical (unpaired) electrons. The Labute approximate surface area is 179 Å². The van der Waals surface area contributed by atoms with E-state index in [-0.39, 0.29) is 17.4 Å². The van der Waals surface area contributed by atoms with E-state index in [9.17, 15) is 22.8 Å². The van der Waals surface area contributed by atoms with Crippen LogP contribution in [0.3, 0.4) is 0 Å². The van der Waals surface area contributed by atoms with Gasteiger partial charge in [0.15, 0.2) is 0 Å². The molecule has 0 spiro atoms. The van der Waals surface area contributed by atoms with Crippen LogP contribution in [-0.4, -0.2) is 50.7 Å². The molecule has 2 amide bonds. The van der Waals surface area contributed by atoms with Gasteiger partial charge in [0.25, 0.3) is 0 Å². The Kier molecular flexibility index (Phi) is 7.71. The van der Waals surface area contributed by atoms with Gasteiger partial charge in [0.05, 0.1) is 23.0 Å². The van der Waals surface area contributed by atoms with Gasteiger partial charge in [-0.3, -0.25) is 9.59 Å². The van der Waals surface area contributed by atoms with E-state index in [1.54, 1.807) is 19.9 Å². The second-order valence-electron chi connectivity index (χ2n) is 6.36. The topological polar surface area (TPSA) is 122 Å². The molecule has 0 aliphatic rings. The van der Waals surface area contributed by atoms with Crippen molar-refractivity contribution < 1.29 is 27.5 Å². The molecule has 0 fully saturated rings. The molecule has 0 aliphatic carbocycles. The summed E-state index contributed by atoms with van der Waals surface area (Å²) in [6.45, 7) is 4.60. The summed E-state index contributed by atoms with van der Waals surface area (Å²) in [7, 11) is -2.61. The van der Waals surface area contributed by atoms with Crippen LogP contribution in [0.5, 0.6) is 0 Å². The Morgan fingerprint density at radius 1 is 1.13 bits per heavy atom. The molecule has 0 bridgehead atoms. The molecular weight excluding hydrogens is 430 g/mol. The Morgan fingerprint density at radius 2 is 1.77 bits per heavy atom. The molecule has 1 aromatic heterocycles. The Balaban J connectivity index is 2.05. The van der Waals surface area contributed by atoms with Crippen molar-refractivity contribution in [2.75, 3.05) is 30.8 Å². The number of amides is 2. The predicted molar refractivity (Wildman–Crippen MR) is 114 cm³/mol. The van der Waals surface area contributed by atoms with Gasteiger partial charge in [0.1, 0.15) is 4.88 Å². The molecule has 30 heavy (non-hydrogen) atoms. The second-order valence-corrected chi connectivity index (χ2v) is 9.46. The number of carbonyl (C=O) groups is 3. The molecule has 2 rings (SSSR count). The molecular formula is C19H23N3O6S2. The lowest BCUT2D eigenvalue weighted by Gasteiger charge is -2.17. The van der Waals surface area contributed by atoms with Gasteiger partial charge in [-0.1, -0.05) is 0 Å². The van der Waals surface area contributed by atoms with Gasteiger partial charge < -0.3 is 15.4 Å². The number of carbonyl (C=O) groups excluding carboxylic acids is 3. The maximum atomic E-state index is 12.7. The SMILES string of the molecule is CCOC(=O)c1sc(NC(=O)CN(C)S(=O)(=O)c2ccc(NC(C)=O)cc2)cc1C. The molecule has 1 heterocycles. The number of ether oxygens (including phenoxy) is 1.